The monoisotopic (exact) mass is 414 g/mol. The van der Waals surface area contributed by atoms with Crippen molar-refractivity contribution in [2.45, 2.75) is 69.9 Å². The first-order valence-electron chi connectivity index (χ1n) is 11.3. The van der Waals surface area contributed by atoms with Crippen molar-refractivity contribution in [3.63, 3.8) is 0 Å². The van der Waals surface area contributed by atoms with Crippen molar-refractivity contribution in [3.05, 3.63) is 35.9 Å². The van der Waals surface area contributed by atoms with Crippen molar-refractivity contribution >= 4 is 17.8 Å². The topological polar surface area (TPSA) is 90.5 Å². The van der Waals surface area contributed by atoms with Gasteiger partial charge in [-0.1, -0.05) is 49.6 Å². The van der Waals surface area contributed by atoms with Crippen LogP contribution in [0.4, 0.5) is 4.79 Å². The number of nitrogens with zero attached hydrogens (tertiary/aromatic N) is 1. The van der Waals surface area contributed by atoms with Crippen molar-refractivity contribution < 1.29 is 14.4 Å². The zero-order valence-electron chi connectivity index (χ0n) is 17.7. The second-order valence-corrected chi connectivity index (χ2v) is 8.29. The quantitative estimate of drug-likeness (QED) is 0.708. The van der Waals surface area contributed by atoms with Gasteiger partial charge in [0, 0.05) is 19.1 Å². The van der Waals surface area contributed by atoms with E-state index in [4.69, 9.17) is 0 Å². The molecule has 4 amide bonds. The fourth-order valence-corrected chi connectivity index (χ4v) is 4.34. The van der Waals surface area contributed by atoms with Crippen LogP contribution < -0.4 is 16.0 Å². The maximum Gasteiger partial charge on any atom is 0.315 e. The Hall–Kier alpha value is -2.57. The number of rotatable bonds is 4. The average molecular weight is 415 g/mol. The molecule has 7 nitrogen and oxygen atoms in total. The lowest BCUT2D eigenvalue weighted by Crippen LogP contribution is -2.48. The second kappa shape index (κ2) is 11.6. The van der Waals surface area contributed by atoms with Gasteiger partial charge in [0.1, 0.15) is 0 Å². The first-order valence-corrected chi connectivity index (χ1v) is 11.3. The van der Waals surface area contributed by atoms with Crippen molar-refractivity contribution in [2.75, 3.05) is 19.6 Å². The smallest absolute Gasteiger partial charge is 0.315 e. The van der Waals surface area contributed by atoms with Crippen LogP contribution in [0.1, 0.15) is 69.4 Å². The average Bonchev–Trinajstić information content (AvgIpc) is 2.77. The molecule has 1 aliphatic heterocycles. The van der Waals surface area contributed by atoms with Crippen LogP contribution in [0.3, 0.4) is 0 Å². The summed E-state index contributed by atoms with van der Waals surface area (Å²) in [4.78, 5) is 39.5. The number of benzene rings is 1. The molecule has 0 bridgehead atoms. The molecule has 0 radical (unpaired) electrons. The van der Waals surface area contributed by atoms with Gasteiger partial charge in [0.2, 0.25) is 11.8 Å². The van der Waals surface area contributed by atoms with E-state index in [-0.39, 0.29) is 42.9 Å². The van der Waals surface area contributed by atoms with Gasteiger partial charge in [-0.3, -0.25) is 9.59 Å². The molecule has 7 heteroatoms. The molecule has 0 spiro atoms. The number of hydrogen-bond acceptors (Lipinski definition) is 3. The molecule has 2 fully saturated rings. The first kappa shape index (κ1) is 22.1. The largest absolute Gasteiger partial charge is 0.356 e. The van der Waals surface area contributed by atoms with E-state index in [1.165, 1.54) is 6.42 Å². The molecule has 1 aromatic carbocycles. The number of urea groups is 1. The highest BCUT2D eigenvalue weighted by atomic mass is 16.2. The highest BCUT2D eigenvalue weighted by molar-refractivity contribution is 5.85. The molecule has 1 saturated carbocycles. The van der Waals surface area contributed by atoms with Gasteiger partial charge in [-0.25, -0.2) is 4.79 Å². The third-order valence-corrected chi connectivity index (χ3v) is 6.00. The standard InChI is InChI=1S/C23H34N4O3/c28-21-16-20(18-10-4-1-5-11-18)27(15-9-3-8-14-24-21)22(29)17-25-23(30)26-19-12-6-2-7-13-19/h1,4-5,10-11,19-20H,2-3,6-9,12-17H2,(H,24,28)(H2,25,26,30). The van der Waals surface area contributed by atoms with E-state index in [1.54, 1.807) is 4.90 Å². The molecule has 2 aliphatic rings. The first-order chi connectivity index (χ1) is 14.6. The number of amides is 4. The van der Waals surface area contributed by atoms with Crippen LogP contribution in [-0.2, 0) is 9.59 Å². The van der Waals surface area contributed by atoms with Gasteiger partial charge < -0.3 is 20.9 Å². The van der Waals surface area contributed by atoms with E-state index in [9.17, 15) is 14.4 Å². The molecule has 1 saturated heterocycles. The minimum absolute atomic E-state index is 0.0495. The van der Waals surface area contributed by atoms with Crippen LogP contribution in [0.2, 0.25) is 0 Å². The number of carbonyl (C=O) groups is 3. The Balaban J connectivity index is 1.65. The lowest BCUT2D eigenvalue weighted by atomic mass is 9.96. The molecule has 0 aromatic heterocycles. The summed E-state index contributed by atoms with van der Waals surface area (Å²) in [6.45, 7) is 1.19. The van der Waals surface area contributed by atoms with E-state index < -0.39 is 0 Å². The van der Waals surface area contributed by atoms with Crippen LogP contribution in [0.5, 0.6) is 0 Å². The van der Waals surface area contributed by atoms with E-state index >= 15 is 0 Å². The summed E-state index contributed by atoms with van der Waals surface area (Å²) in [6, 6.07) is 9.25. The molecular formula is C23H34N4O3. The molecular weight excluding hydrogens is 380 g/mol. The Morgan fingerprint density at radius 2 is 1.73 bits per heavy atom. The number of nitrogens with one attached hydrogen (secondary N) is 3. The summed E-state index contributed by atoms with van der Waals surface area (Å²) < 4.78 is 0. The highest BCUT2D eigenvalue weighted by Crippen LogP contribution is 2.26. The van der Waals surface area contributed by atoms with E-state index in [1.807, 2.05) is 30.3 Å². The number of carbonyl (C=O) groups excluding carboxylic acids is 3. The van der Waals surface area contributed by atoms with Gasteiger partial charge in [-0.15, -0.1) is 0 Å². The van der Waals surface area contributed by atoms with Gasteiger partial charge >= 0.3 is 6.03 Å². The lowest BCUT2D eigenvalue weighted by Gasteiger charge is -2.33. The molecule has 3 N–H and O–H groups in total. The lowest BCUT2D eigenvalue weighted by molar-refractivity contribution is -0.134. The molecule has 1 aliphatic carbocycles. The van der Waals surface area contributed by atoms with Gasteiger partial charge in [0.25, 0.3) is 0 Å². The van der Waals surface area contributed by atoms with Gasteiger partial charge in [-0.2, -0.15) is 0 Å². The second-order valence-electron chi connectivity index (χ2n) is 8.29. The minimum atomic E-state index is -0.333. The number of hydrogen-bond donors (Lipinski definition) is 3. The minimum Gasteiger partial charge on any atom is -0.356 e. The van der Waals surface area contributed by atoms with Crippen molar-refractivity contribution in [1.82, 2.24) is 20.9 Å². The Labute approximate surface area is 179 Å². The van der Waals surface area contributed by atoms with E-state index in [0.29, 0.717) is 13.1 Å². The van der Waals surface area contributed by atoms with Crippen molar-refractivity contribution in [3.8, 4) is 0 Å². The third kappa shape index (κ3) is 6.75. The Kier molecular flexibility index (Phi) is 8.53. The zero-order chi connectivity index (χ0) is 21.2. The summed E-state index contributed by atoms with van der Waals surface area (Å²) in [5.74, 6) is -0.206. The van der Waals surface area contributed by atoms with E-state index in [0.717, 1.165) is 50.5 Å². The summed E-state index contributed by atoms with van der Waals surface area (Å²) in [5.41, 5.74) is 0.938. The normalized spacial score (nSPS) is 21.4. The third-order valence-electron chi connectivity index (χ3n) is 6.00. The summed E-state index contributed by atoms with van der Waals surface area (Å²) in [6.07, 6.45) is 8.45. The summed E-state index contributed by atoms with van der Waals surface area (Å²) in [5, 5.41) is 8.67. The van der Waals surface area contributed by atoms with Crippen molar-refractivity contribution in [1.29, 1.82) is 0 Å². The van der Waals surface area contributed by atoms with Gasteiger partial charge in [-0.05, 0) is 37.7 Å². The van der Waals surface area contributed by atoms with Gasteiger partial charge in [0.15, 0.2) is 0 Å². The molecule has 30 heavy (non-hydrogen) atoms. The molecule has 1 aromatic rings. The molecule has 1 atom stereocenters. The Morgan fingerprint density at radius 3 is 2.50 bits per heavy atom. The molecule has 1 unspecified atom stereocenters. The maximum atomic E-state index is 13.1. The van der Waals surface area contributed by atoms with Crippen LogP contribution in [-0.4, -0.2) is 48.4 Å². The van der Waals surface area contributed by atoms with Crippen molar-refractivity contribution in [2.24, 2.45) is 0 Å². The fraction of sp³-hybridized carbons (Fsp3) is 0.609. The summed E-state index contributed by atoms with van der Waals surface area (Å²) in [7, 11) is 0. The Morgan fingerprint density at radius 1 is 1.00 bits per heavy atom. The molecule has 1 heterocycles. The predicted molar refractivity (Wildman–Crippen MR) is 116 cm³/mol. The predicted octanol–water partition coefficient (Wildman–Crippen LogP) is 2.88. The van der Waals surface area contributed by atoms with Crippen LogP contribution in [0.25, 0.3) is 0 Å². The molecule has 3 rings (SSSR count). The van der Waals surface area contributed by atoms with Crippen LogP contribution >= 0.6 is 0 Å². The van der Waals surface area contributed by atoms with Gasteiger partial charge in [0.05, 0.1) is 19.0 Å². The Bertz CT molecular complexity index is 704. The molecule has 164 valence electrons. The SMILES string of the molecule is O=C1CC(c2ccccc2)N(C(=O)CNC(=O)NC2CCCCC2)CCCCCN1. The van der Waals surface area contributed by atoms with Crippen LogP contribution in [0.15, 0.2) is 30.3 Å². The summed E-state index contributed by atoms with van der Waals surface area (Å²) >= 11 is 0. The maximum absolute atomic E-state index is 13.1. The zero-order valence-corrected chi connectivity index (χ0v) is 17.7. The van der Waals surface area contributed by atoms with Crippen LogP contribution in [0, 0.1) is 0 Å². The fourth-order valence-electron chi connectivity index (χ4n) is 4.34. The highest BCUT2D eigenvalue weighted by Gasteiger charge is 2.28. The van der Waals surface area contributed by atoms with E-state index in [2.05, 4.69) is 16.0 Å².